The maximum absolute atomic E-state index is 9.30. The minimum absolute atomic E-state index is 0.0387. The number of ether oxygens (including phenoxy) is 2. The van der Waals surface area contributed by atoms with Crippen molar-refractivity contribution in [2.45, 2.75) is 36.4 Å². The monoisotopic (exact) mass is 309 g/mol. The van der Waals surface area contributed by atoms with Crippen LogP contribution in [0.4, 0.5) is 0 Å². The highest BCUT2D eigenvalue weighted by Gasteiger charge is 2.64. The Kier molecular flexibility index (Phi) is 1.21. The largest absolute Gasteiger partial charge is 0.493 e. The van der Waals surface area contributed by atoms with E-state index < -0.39 is 49.9 Å². The Hall–Kier alpha value is -1.52. The van der Waals surface area contributed by atoms with Gasteiger partial charge in [0.25, 0.3) is 0 Å². The van der Waals surface area contributed by atoms with Crippen LogP contribution in [0.2, 0.25) is 0 Å². The van der Waals surface area contributed by atoms with Gasteiger partial charge in [-0.3, -0.25) is 0 Å². The van der Waals surface area contributed by atoms with Crippen molar-refractivity contribution < 1.29 is 26.9 Å². The van der Waals surface area contributed by atoms with Gasteiger partial charge < -0.3 is 19.5 Å². The standard InChI is InChI=1S/C18H21NO3/c1-19-8-7-18-11-4-5-13(20)17(18)22-16-14(21-2)6-3-10(15(16)18)9-12(11)19/h3-6,11-13,17,20H,7-9H2,1-2H3/t11-,12+,13?,17?,18-/m0/s1/i1D3,2D3,9D2,17D,20D. The number of likely N-dealkylation sites (N-methyl/N-ethyl adjacent to an activating group) is 1. The van der Waals surface area contributed by atoms with Gasteiger partial charge in [0.1, 0.15) is 12.2 Å². The van der Waals surface area contributed by atoms with Gasteiger partial charge in [0.05, 0.1) is 12.5 Å². The molecule has 116 valence electrons. The Labute approximate surface area is 144 Å². The molecule has 0 amide bonds. The maximum Gasteiger partial charge on any atom is 0.211 e. The molecule has 0 radical (unpaired) electrons. The van der Waals surface area contributed by atoms with Gasteiger partial charge in [-0.15, -0.1) is 0 Å². The number of likely N-dealkylation sites (tertiary alicyclic amines) is 1. The summed E-state index contributed by atoms with van der Waals surface area (Å²) < 4.78 is 92.2. The number of hydrogen-bond acceptors (Lipinski definition) is 4. The van der Waals surface area contributed by atoms with E-state index in [9.17, 15) is 1.37 Å². The van der Waals surface area contributed by atoms with Crippen LogP contribution >= 0.6 is 0 Å². The van der Waals surface area contributed by atoms with E-state index in [1.807, 2.05) is 0 Å². The van der Waals surface area contributed by atoms with E-state index in [2.05, 4.69) is 0 Å². The van der Waals surface area contributed by atoms with Crippen molar-refractivity contribution in [3.63, 3.8) is 0 Å². The number of rotatable bonds is 2. The zero-order valence-corrected chi connectivity index (χ0v) is 11.6. The molecule has 1 aromatic carbocycles. The normalized spacial score (nSPS) is 54.5. The van der Waals surface area contributed by atoms with Crippen molar-refractivity contribution in [3.05, 3.63) is 35.4 Å². The highest BCUT2D eigenvalue weighted by molar-refractivity contribution is 5.62. The lowest BCUT2D eigenvalue weighted by Gasteiger charge is -2.56. The van der Waals surface area contributed by atoms with Gasteiger partial charge in [0.15, 0.2) is 11.5 Å². The molecule has 0 saturated carbocycles. The van der Waals surface area contributed by atoms with E-state index in [1.165, 1.54) is 18.2 Å². The smallest absolute Gasteiger partial charge is 0.211 e. The van der Waals surface area contributed by atoms with Crippen LogP contribution in [0.3, 0.4) is 0 Å². The van der Waals surface area contributed by atoms with E-state index in [1.54, 1.807) is 6.08 Å². The minimum atomic E-state index is -2.81. The topological polar surface area (TPSA) is 41.9 Å². The summed E-state index contributed by atoms with van der Waals surface area (Å²) in [5, 5.41) is 4.80. The summed E-state index contributed by atoms with van der Waals surface area (Å²) >= 11 is 0. The number of aliphatic hydroxyl groups is 1. The number of hydrogen-bond donors (Lipinski definition) is 1. The fraction of sp³-hybridized carbons (Fsp3) is 0.556. The van der Waals surface area contributed by atoms with Crippen LogP contribution in [-0.2, 0) is 11.8 Å². The van der Waals surface area contributed by atoms with Crippen LogP contribution in [0.1, 0.15) is 29.9 Å². The molecular formula is C18H21NO3. The first-order valence-electron chi connectivity index (χ1n) is 12.2. The zero-order valence-electron chi connectivity index (χ0n) is 21.6. The molecule has 4 aliphatic rings. The molecule has 1 aromatic rings. The lowest BCUT2D eigenvalue weighted by Crippen LogP contribution is -2.64. The van der Waals surface area contributed by atoms with Gasteiger partial charge in [0.2, 0.25) is 1.43 Å². The van der Waals surface area contributed by atoms with E-state index in [0.29, 0.717) is 5.56 Å². The zero-order chi connectivity index (χ0) is 23.5. The fourth-order valence-electron chi connectivity index (χ4n) is 4.49. The molecule has 0 aromatic heterocycles. The number of piperidine rings is 1. The maximum atomic E-state index is 9.30. The third kappa shape index (κ3) is 1.28. The summed E-state index contributed by atoms with van der Waals surface area (Å²) in [5.41, 5.74) is -0.810. The lowest BCUT2D eigenvalue weighted by molar-refractivity contribution is -0.0453. The second-order valence-corrected chi connectivity index (χ2v) is 6.22. The molecule has 4 heteroatoms. The van der Waals surface area contributed by atoms with E-state index in [-0.39, 0.29) is 30.0 Å². The summed E-state index contributed by atoms with van der Waals surface area (Å²) in [4.78, 5) is 1.16. The minimum Gasteiger partial charge on any atom is -0.493 e. The molecule has 5 rings (SSSR count). The molecule has 4 nitrogen and oxygen atoms in total. The van der Waals surface area contributed by atoms with Crippen LogP contribution in [0.15, 0.2) is 24.3 Å². The lowest BCUT2D eigenvalue weighted by atomic mass is 9.53. The Morgan fingerprint density at radius 2 is 2.59 bits per heavy atom. The molecule has 22 heavy (non-hydrogen) atoms. The number of benzene rings is 1. The summed E-state index contributed by atoms with van der Waals surface area (Å²) in [6.45, 7) is -2.60. The summed E-state index contributed by atoms with van der Waals surface area (Å²) in [6.07, 6.45) is -2.09. The fourth-order valence-corrected chi connectivity index (χ4v) is 4.49. The summed E-state index contributed by atoms with van der Waals surface area (Å²) in [5.74, 6) is -1.00. The van der Waals surface area contributed by atoms with Gasteiger partial charge in [0, 0.05) is 29.8 Å². The molecule has 2 aliphatic carbocycles. The van der Waals surface area contributed by atoms with Crippen LogP contribution in [0.25, 0.3) is 0 Å². The second-order valence-electron chi connectivity index (χ2n) is 6.22. The number of nitrogens with zero attached hydrogens (tertiary/aromatic N) is 1. The molecule has 2 heterocycles. The SMILES string of the molecule is [2H]OC1C=C[C@H]2[C@@H]3N(C([2H])([2H])[2H])CC[C@@]24c2c(ccc(OC([2H])([2H])[2H])c2OC14[2H])C3([2H])[2H]. The Morgan fingerprint density at radius 1 is 1.59 bits per heavy atom. The Bertz CT molecular complexity index is 1010. The Morgan fingerprint density at radius 3 is 3.45 bits per heavy atom. The quantitative estimate of drug-likeness (QED) is 0.841. The predicted molar refractivity (Wildman–Crippen MR) is 82.5 cm³/mol. The molecule has 1 fully saturated rings. The van der Waals surface area contributed by atoms with Gasteiger partial charge in [-0.2, -0.15) is 0 Å². The first-order valence-corrected chi connectivity index (χ1v) is 7.31. The molecule has 1 saturated heterocycles. The van der Waals surface area contributed by atoms with Crippen molar-refractivity contribution in [3.8, 4) is 11.5 Å². The van der Waals surface area contributed by atoms with Crippen molar-refractivity contribution in [1.82, 2.24) is 4.90 Å². The average Bonchev–Trinajstić information content (AvgIpc) is 2.92. The van der Waals surface area contributed by atoms with Crippen molar-refractivity contribution in [1.29, 1.82) is 1.43 Å². The number of methoxy groups -OCH3 is 1. The molecule has 5 atom stereocenters. The summed E-state index contributed by atoms with van der Waals surface area (Å²) in [7, 11) is -2.81. The van der Waals surface area contributed by atoms with Crippen molar-refractivity contribution in [2.24, 2.45) is 5.92 Å². The van der Waals surface area contributed by atoms with Gasteiger partial charge in [-0.25, -0.2) is 0 Å². The molecule has 1 spiro atoms. The van der Waals surface area contributed by atoms with Gasteiger partial charge >= 0.3 is 0 Å². The third-order valence-corrected chi connectivity index (χ3v) is 5.38. The van der Waals surface area contributed by atoms with Crippen LogP contribution in [-0.4, -0.2) is 50.2 Å². The highest BCUT2D eigenvalue weighted by Crippen LogP contribution is 2.62. The van der Waals surface area contributed by atoms with Crippen LogP contribution in [0, 0.1) is 5.92 Å². The van der Waals surface area contributed by atoms with E-state index in [4.69, 9.17) is 27.0 Å². The van der Waals surface area contributed by atoms with E-state index >= 15 is 0 Å². The number of aliphatic hydroxyl groups excluding tert-OH is 1. The van der Waals surface area contributed by atoms with Crippen molar-refractivity contribution >= 4 is 0 Å². The molecule has 2 aliphatic heterocycles. The first-order chi connectivity index (χ1) is 14.7. The van der Waals surface area contributed by atoms with Crippen molar-refractivity contribution in [2.75, 3.05) is 20.6 Å². The van der Waals surface area contributed by atoms with Crippen LogP contribution in [0.5, 0.6) is 11.5 Å². The third-order valence-electron chi connectivity index (χ3n) is 5.38. The molecule has 2 unspecified atom stereocenters. The van der Waals surface area contributed by atoms with Crippen LogP contribution < -0.4 is 9.47 Å². The molecular weight excluding hydrogens is 278 g/mol. The second kappa shape index (κ2) is 4.06. The van der Waals surface area contributed by atoms with Gasteiger partial charge in [-0.1, -0.05) is 18.2 Å². The molecule has 1 N–H and O–H groups in total. The highest BCUT2D eigenvalue weighted by atomic mass is 16.5. The molecule has 2 bridgehead atoms. The summed E-state index contributed by atoms with van der Waals surface area (Å²) in [6, 6.07) is 1.53. The van der Waals surface area contributed by atoms with E-state index in [0.717, 1.165) is 4.90 Å². The predicted octanol–water partition coefficient (Wildman–Crippen LogP) is 1.50. The Balaban J connectivity index is 1.83. The average molecular weight is 309 g/mol. The first kappa shape index (κ1) is 6.54. The van der Waals surface area contributed by atoms with Gasteiger partial charge in [-0.05, 0) is 37.9 Å².